The van der Waals surface area contributed by atoms with Crippen molar-refractivity contribution >= 4 is 28.8 Å². The number of Topliss-reactive ketones (excluding diaryl/α,β-unsaturated/α-hetero) is 1. The summed E-state index contributed by atoms with van der Waals surface area (Å²) in [5.41, 5.74) is 1.60. The molecule has 29 heavy (non-hydrogen) atoms. The number of rotatable bonds is 7. The van der Waals surface area contributed by atoms with E-state index in [2.05, 4.69) is 9.72 Å². The van der Waals surface area contributed by atoms with Gasteiger partial charge < -0.3 is 9.47 Å². The minimum absolute atomic E-state index is 0.0184. The van der Waals surface area contributed by atoms with Gasteiger partial charge in [0.15, 0.2) is 17.5 Å². The van der Waals surface area contributed by atoms with Crippen LogP contribution in [0, 0.1) is 24.0 Å². The highest BCUT2D eigenvalue weighted by molar-refractivity contribution is 7.12. The Morgan fingerprint density at radius 2 is 2.03 bits per heavy atom. The molecule has 9 nitrogen and oxygen atoms in total. The van der Waals surface area contributed by atoms with E-state index in [0.717, 1.165) is 16.9 Å². The van der Waals surface area contributed by atoms with Gasteiger partial charge in [-0.25, -0.2) is 9.78 Å². The molecular weight excluding hydrogens is 398 g/mol. The molecule has 0 spiro atoms. The molecule has 0 unspecified atom stereocenters. The zero-order chi connectivity index (χ0) is 21.1. The first-order valence-corrected chi connectivity index (χ1v) is 9.33. The summed E-state index contributed by atoms with van der Waals surface area (Å²) >= 11 is 1.45. The lowest BCUT2D eigenvalue weighted by atomic mass is 10.1. The number of ether oxygens (including phenoxy) is 2. The predicted molar refractivity (Wildman–Crippen MR) is 105 cm³/mol. The molecule has 0 bridgehead atoms. The Hall–Kier alpha value is -3.53. The summed E-state index contributed by atoms with van der Waals surface area (Å²) < 4.78 is 11.8. The molecule has 3 rings (SSSR count). The van der Waals surface area contributed by atoms with Gasteiger partial charge >= 0.3 is 11.7 Å². The number of esters is 1. The van der Waals surface area contributed by atoms with E-state index in [1.54, 1.807) is 19.2 Å². The molecule has 0 saturated carbocycles. The third-order valence-electron chi connectivity index (χ3n) is 4.28. The molecule has 2 aromatic heterocycles. The molecule has 2 heterocycles. The van der Waals surface area contributed by atoms with Crippen LogP contribution in [0.1, 0.15) is 32.1 Å². The van der Waals surface area contributed by atoms with Gasteiger partial charge in [0.2, 0.25) is 5.78 Å². The van der Waals surface area contributed by atoms with Gasteiger partial charge in [0.05, 0.1) is 17.6 Å². The number of methoxy groups -OCH3 is 1. The number of aryl methyl sites for hydroxylation is 1. The van der Waals surface area contributed by atoms with E-state index in [9.17, 15) is 19.7 Å². The highest BCUT2D eigenvalue weighted by Crippen LogP contribution is 2.29. The van der Waals surface area contributed by atoms with Crippen LogP contribution in [0.25, 0.3) is 5.13 Å². The Labute approximate surface area is 169 Å². The van der Waals surface area contributed by atoms with E-state index in [4.69, 9.17) is 4.74 Å². The number of thiazole rings is 1. The lowest BCUT2D eigenvalue weighted by molar-refractivity contribution is -0.385. The number of benzene rings is 1. The number of nitrogens with zero attached hydrogens (tertiary/aromatic N) is 3. The number of ketones is 1. The summed E-state index contributed by atoms with van der Waals surface area (Å²) in [6.07, 6.45) is 1.68. The van der Waals surface area contributed by atoms with Gasteiger partial charge in [0.1, 0.15) is 0 Å². The molecule has 0 aliphatic rings. The number of hydrogen-bond acceptors (Lipinski definition) is 8. The van der Waals surface area contributed by atoms with Crippen LogP contribution in [0.4, 0.5) is 5.69 Å². The maximum absolute atomic E-state index is 12.7. The number of carbonyl (C=O) groups excluding carboxylic acids is 2. The lowest BCUT2D eigenvalue weighted by Crippen LogP contribution is -2.13. The van der Waals surface area contributed by atoms with E-state index in [0.29, 0.717) is 11.3 Å². The van der Waals surface area contributed by atoms with E-state index >= 15 is 0 Å². The van der Waals surface area contributed by atoms with Crippen LogP contribution < -0.4 is 4.74 Å². The smallest absolute Gasteiger partial charge is 0.338 e. The fourth-order valence-electron chi connectivity index (χ4n) is 2.91. The van der Waals surface area contributed by atoms with Crippen molar-refractivity contribution in [2.45, 2.75) is 13.8 Å². The molecule has 0 N–H and O–H groups in total. The molecule has 10 heteroatoms. The summed E-state index contributed by atoms with van der Waals surface area (Å²) in [4.78, 5) is 39.1. The number of carbonyl (C=O) groups is 2. The third kappa shape index (κ3) is 4.02. The Morgan fingerprint density at radius 3 is 2.66 bits per heavy atom. The van der Waals surface area contributed by atoms with Crippen molar-refractivity contribution in [3.8, 4) is 10.9 Å². The number of hydrogen-bond donors (Lipinski definition) is 0. The molecule has 0 aliphatic carbocycles. The SMILES string of the molecule is COC(=O)c1ccc(OCC(=O)c2cc(C)n(-c3nccs3)c2C)c([N+](=O)[O-])c1. The quantitative estimate of drug-likeness (QED) is 0.251. The van der Waals surface area contributed by atoms with Gasteiger partial charge in [-0.2, -0.15) is 0 Å². The maximum Gasteiger partial charge on any atom is 0.338 e. The molecule has 1 aromatic carbocycles. The summed E-state index contributed by atoms with van der Waals surface area (Å²) in [6.45, 7) is 3.28. The van der Waals surface area contributed by atoms with Crippen LogP contribution >= 0.6 is 11.3 Å². The fraction of sp³-hybridized carbons (Fsp3) is 0.211. The molecule has 0 amide bonds. The van der Waals surface area contributed by atoms with Crippen molar-refractivity contribution in [1.29, 1.82) is 0 Å². The van der Waals surface area contributed by atoms with Crippen molar-refractivity contribution in [2.75, 3.05) is 13.7 Å². The zero-order valence-corrected chi connectivity index (χ0v) is 16.7. The van der Waals surface area contributed by atoms with Crippen LogP contribution in [0.5, 0.6) is 5.75 Å². The standard InChI is InChI=1S/C19H17N3O6S/c1-11-8-14(12(2)21(11)19-20-6-7-29-19)16(23)10-28-17-5-4-13(18(24)27-3)9-15(17)22(25)26/h4-9H,10H2,1-3H3. The predicted octanol–water partition coefficient (Wildman–Crippen LogP) is 3.51. The maximum atomic E-state index is 12.7. The number of nitro groups is 1. The van der Waals surface area contributed by atoms with Crippen LogP contribution in [-0.2, 0) is 4.74 Å². The Bertz CT molecular complexity index is 1090. The average molecular weight is 415 g/mol. The van der Waals surface area contributed by atoms with Crippen molar-refractivity contribution in [3.05, 3.63) is 68.5 Å². The van der Waals surface area contributed by atoms with Gasteiger partial charge in [-0.05, 0) is 32.0 Å². The molecule has 3 aromatic rings. The summed E-state index contributed by atoms with van der Waals surface area (Å²) in [5.74, 6) is -1.14. The van der Waals surface area contributed by atoms with Gasteiger partial charge in [-0.15, -0.1) is 11.3 Å². The molecule has 0 aliphatic heterocycles. The van der Waals surface area contributed by atoms with Crippen molar-refractivity contribution in [1.82, 2.24) is 9.55 Å². The first-order chi connectivity index (χ1) is 13.8. The summed E-state index contributed by atoms with van der Waals surface area (Å²) in [5, 5.41) is 13.9. The number of nitro benzene ring substituents is 1. The molecule has 150 valence electrons. The first-order valence-electron chi connectivity index (χ1n) is 8.45. The van der Waals surface area contributed by atoms with Gasteiger partial charge in [-0.3, -0.25) is 19.5 Å². The second-order valence-electron chi connectivity index (χ2n) is 6.08. The second kappa shape index (κ2) is 8.23. The molecular formula is C19H17N3O6S. The monoisotopic (exact) mass is 415 g/mol. The Kier molecular flexibility index (Phi) is 5.74. The van der Waals surface area contributed by atoms with Gasteiger partial charge in [0.25, 0.3) is 0 Å². The molecule has 0 saturated heterocycles. The van der Waals surface area contributed by atoms with Crippen LogP contribution in [0.2, 0.25) is 0 Å². The highest BCUT2D eigenvalue weighted by Gasteiger charge is 2.22. The van der Waals surface area contributed by atoms with Gasteiger partial charge in [-0.1, -0.05) is 0 Å². The largest absolute Gasteiger partial charge is 0.478 e. The van der Waals surface area contributed by atoms with E-state index < -0.39 is 16.6 Å². The second-order valence-corrected chi connectivity index (χ2v) is 6.95. The van der Waals surface area contributed by atoms with Crippen molar-refractivity contribution in [3.63, 3.8) is 0 Å². The zero-order valence-electron chi connectivity index (χ0n) is 15.9. The van der Waals surface area contributed by atoms with Crippen LogP contribution in [-0.4, -0.2) is 39.9 Å². The summed E-state index contributed by atoms with van der Waals surface area (Å²) in [6, 6.07) is 5.40. The molecule has 0 atom stereocenters. The minimum Gasteiger partial charge on any atom is -0.478 e. The molecule has 0 fully saturated rings. The minimum atomic E-state index is -0.703. The Balaban J connectivity index is 1.82. The normalized spacial score (nSPS) is 10.6. The third-order valence-corrected chi connectivity index (χ3v) is 5.03. The van der Waals surface area contributed by atoms with Crippen molar-refractivity contribution in [2.24, 2.45) is 0 Å². The lowest BCUT2D eigenvalue weighted by Gasteiger charge is -2.08. The first kappa shape index (κ1) is 20.2. The highest BCUT2D eigenvalue weighted by atomic mass is 32.1. The van der Waals surface area contributed by atoms with Gasteiger partial charge in [0, 0.05) is 34.6 Å². The van der Waals surface area contributed by atoms with Crippen molar-refractivity contribution < 1.29 is 24.0 Å². The van der Waals surface area contributed by atoms with Crippen LogP contribution in [0.15, 0.2) is 35.8 Å². The summed E-state index contributed by atoms with van der Waals surface area (Å²) in [7, 11) is 1.18. The van der Waals surface area contributed by atoms with E-state index in [-0.39, 0.29) is 23.7 Å². The number of aromatic nitrogens is 2. The topological polar surface area (TPSA) is 114 Å². The van der Waals surface area contributed by atoms with E-state index in [1.165, 1.54) is 30.6 Å². The fourth-order valence-corrected chi connectivity index (χ4v) is 3.67. The Morgan fingerprint density at radius 1 is 1.28 bits per heavy atom. The van der Waals surface area contributed by atoms with Crippen LogP contribution in [0.3, 0.4) is 0 Å². The van der Waals surface area contributed by atoms with E-state index in [1.807, 2.05) is 16.9 Å². The average Bonchev–Trinajstić information content (AvgIpc) is 3.32. The molecule has 0 radical (unpaired) electrons.